The van der Waals surface area contributed by atoms with Crippen molar-refractivity contribution in [3.63, 3.8) is 0 Å². The van der Waals surface area contributed by atoms with Crippen molar-refractivity contribution in [3.8, 4) is 22.2 Å². The van der Waals surface area contributed by atoms with Crippen molar-refractivity contribution < 1.29 is 9.32 Å². The van der Waals surface area contributed by atoms with Crippen LogP contribution in [0.1, 0.15) is 23.3 Å². The van der Waals surface area contributed by atoms with Gasteiger partial charge in [0.1, 0.15) is 0 Å². The second-order valence-corrected chi connectivity index (χ2v) is 7.24. The van der Waals surface area contributed by atoms with E-state index < -0.39 is 0 Å². The van der Waals surface area contributed by atoms with Crippen LogP contribution < -0.4 is 0 Å². The molecule has 5 nitrogen and oxygen atoms in total. The maximum atomic E-state index is 11.7. The molecule has 2 aromatic heterocycles. The molecular weight excluding hydrogens is 322 g/mol. The van der Waals surface area contributed by atoms with Crippen molar-refractivity contribution in [2.75, 3.05) is 6.54 Å². The molecule has 0 radical (unpaired) electrons. The third-order valence-electron chi connectivity index (χ3n) is 4.13. The Labute approximate surface area is 143 Å². The van der Waals surface area contributed by atoms with Gasteiger partial charge in [-0.25, -0.2) is 0 Å². The number of nitrogens with zero attached hydrogens (tertiary/aromatic N) is 3. The Balaban J connectivity index is 1.50. The molecule has 1 aliphatic heterocycles. The van der Waals surface area contributed by atoms with Gasteiger partial charge in [-0.05, 0) is 31.0 Å². The predicted molar refractivity (Wildman–Crippen MR) is 92.4 cm³/mol. The van der Waals surface area contributed by atoms with Crippen LogP contribution in [0.25, 0.3) is 22.2 Å². The molecule has 6 heteroatoms. The minimum Gasteiger partial charge on any atom is -0.338 e. The van der Waals surface area contributed by atoms with Gasteiger partial charge in [0.05, 0.1) is 4.88 Å². The van der Waals surface area contributed by atoms with Gasteiger partial charge in [-0.2, -0.15) is 4.98 Å². The number of aryl methyl sites for hydroxylation is 1. The molecule has 1 fully saturated rings. The van der Waals surface area contributed by atoms with Crippen LogP contribution in [0.2, 0.25) is 0 Å². The summed E-state index contributed by atoms with van der Waals surface area (Å²) in [6.07, 6.45) is 1.64. The lowest BCUT2D eigenvalue weighted by Gasteiger charge is -2.15. The molecular formula is C18H17N3O2S. The number of carbonyl (C=O) groups excluding carboxylic acids is 1. The summed E-state index contributed by atoms with van der Waals surface area (Å²) in [7, 11) is 0. The van der Waals surface area contributed by atoms with Crippen LogP contribution >= 0.6 is 11.3 Å². The van der Waals surface area contributed by atoms with Crippen molar-refractivity contribution in [1.82, 2.24) is 15.0 Å². The van der Waals surface area contributed by atoms with Gasteiger partial charge in [0, 0.05) is 30.0 Å². The van der Waals surface area contributed by atoms with E-state index in [1.54, 1.807) is 11.3 Å². The van der Waals surface area contributed by atoms with Gasteiger partial charge in [0.2, 0.25) is 11.7 Å². The summed E-state index contributed by atoms with van der Waals surface area (Å²) in [5.74, 6) is 1.38. The molecule has 0 unspecified atom stereocenters. The fourth-order valence-electron chi connectivity index (χ4n) is 2.84. The Morgan fingerprint density at radius 1 is 1.21 bits per heavy atom. The summed E-state index contributed by atoms with van der Waals surface area (Å²) >= 11 is 1.64. The molecule has 3 heterocycles. The summed E-state index contributed by atoms with van der Waals surface area (Å²) in [4.78, 5) is 20.3. The predicted octanol–water partition coefficient (Wildman–Crippen LogP) is 3.90. The lowest BCUT2D eigenvalue weighted by Crippen LogP contribution is -2.23. The maximum Gasteiger partial charge on any atom is 0.268 e. The Bertz CT molecular complexity index is 867. The summed E-state index contributed by atoms with van der Waals surface area (Å²) in [6, 6.07) is 12.0. The number of hydrogen-bond acceptors (Lipinski definition) is 5. The Kier molecular flexibility index (Phi) is 3.90. The summed E-state index contributed by atoms with van der Waals surface area (Å²) in [6.45, 7) is 3.58. The average Bonchev–Trinajstić information content (AvgIpc) is 3.30. The molecule has 0 spiro atoms. The molecule has 4 rings (SSSR count). The zero-order valence-electron chi connectivity index (χ0n) is 13.4. The van der Waals surface area contributed by atoms with Crippen LogP contribution in [-0.4, -0.2) is 27.5 Å². The minimum atomic E-state index is 0.244. The average molecular weight is 339 g/mol. The van der Waals surface area contributed by atoms with Gasteiger partial charge in [-0.15, -0.1) is 11.3 Å². The summed E-state index contributed by atoms with van der Waals surface area (Å²) in [5.41, 5.74) is 2.03. The first kappa shape index (κ1) is 15.1. The zero-order chi connectivity index (χ0) is 16.5. The summed E-state index contributed by atoms with van der Waals surface area (Å²) in [5, 5.41) is 4.07. The Morgan fingerprint density at radius 3 is 2.71 bits per heavy atom. The standard InChI is InChI=1S/C18H17N3O2S/c1-12-4-9-15(24-12)18-19-17(20-23-18)14-7-5-13(6-8-14)11-21-10-2-3-16(21)22/h4-9H,2-3,10-11H2,1H3. The third-order valence-corrected chi connectivity index (χ3v) is 5.12. The fourth-order valence-corrected chi connectivity index (χ4v) is 3.63. The van der Waals surface area contributed by atoms with Crippen molar-refractivity contribution in [2.45, 2.75) is 26.3 Å². The molecule has 0 N–H and O–H groups in total. The monoisotopic (exact) mass is 339 g/mol. The molecule has 122 valence electrons. The number of amides is 1. The van der Waals surface area contributed by atoms with Crippen LogP contribution in [0.5, 0.6) is 0 Å². The topological polar surface area (TPSA) is 59.2 Å². The maximum absolute atomic E-state index is 11.7. The lowest BCUT2D eigenvalue weighted by molar-refractivity contribution is -0.128. The normalized spacial score (nSPS) is 14.5. The number of hydrogen-bond donors (Lipinski definition) is 0. The highest BCUT2D eigenvalue weighted by Crippen LogP contribution is 2.28. The minimum absolute atomic E-state index is 0.244. The smallest absolute Gasteiger partial charge is 0.268 e. The number of benzene rings is 1. The van der Waals surface area contributed by atoms with Gasteiger partial charge >= 0.3 is 0 Å². The van der Waals surface area contributed by atoms with Crippen LogP contribution in [0.15, 0.2) is 40.9 Å². The number of likely N-dealkylation sites (tertiary alicyclic amines) is 1. The van der Waals surface area contributed by atoms with E-state index in [0.29, 0.717) is 24.7 Å². The molecule has 1 aliphatic rings. The van der Waals surface area contributed by atoms with Crippen LogP contribution in [0.4, 0.5) is 0 Å². The molecule has 3 aromatic rings. The van der Waals surface area contributed by atoms with Gasteiger partial charge in [-0.1, -0.05) is 29.4 Å². The van der Waals surface area contributed by atoms with E-state index in [2.05, 4.69) is 17.1 Å². The largest absolute Gasteiger partial charge is 0.338 e. The number of carbonyl (C=O) groups is 1. The van der Waals surface area contributed by atoms with Crippen molar-refractivity contribution in [2.24, 2.45) is 0 Å². The third kappa shape index (κ3) is 2.97. The van der Waals surface area contributed by atoms with E-state index in [4.69, 9.17) is 4.52 Å². The van der Waals surface area contributed by atoms with Gasteiger partial charge in [-0.3, -0.25) is 4.79 Å². The van der Waals surface area contributed by atoms with Crippen molar-refractivity contribution in [1.29, 1.82) is 0 Å². The lowest BCUT2D eigenvalue weighted by atomic mass is 10.1. The van der Waals surface area contributed by atoms with E-state index >= 15 is 0 Å². The second kappa shape index (κ2) is 6.20. The number of thiophene rings is 1. The molecule has 0 atom stereocenters. The van der Waals surface area contributed by atoms with E-state index in [9.17, 15) is 4.79 Å². The molecule has 0 bridgehead atoms. The molecule has 24 heavy (non-hydrogen) atoms. The van der Waals surface area contributed by atoms with Crippen LogP contribution in [-0.2, 0) is 11.3 Å². The Hall–Kier alpha value is -2.47. The fraction of sp³-hybridized carbons (Fsp3) is 0.278. The van der Waals surface area contributed by atoms with Crippen LogP contribution in [0.3, 0.4) is 0 Å². The first-order valence-corrected chi connectivity index (χ1v) is 8.78. The van der Waals surface area contributed by atoms with E-state index in [-0.39, 0.29) is 5.91 Å². The summed E-state index contributed by atoms with van der Waals surface area (Å²) < 4.78 is 5.37. The first-order valence-electron chi connectivity index (χ1n) is 7.97. The molecule has 1 aromatic carbocycles. The molecule has 0 saturated carbocycles. The molecule has 1 amide bonds. The highest BCUT2D eigenvalue weighted by molar-refractivity contribution is 7.15. The van der Waals surface area contributed by atoms with Gasteiger partial charge in [0.15, 0.2) is 0 Å². The van der Waals surface area contributed by atoms with E-state index in [1.165, 1.54) is 4.88 Å². The SMILES string of the molecule is Cc1ccc(-c2nc(-c3ccc(CN4CCCC4=O)cc3)no2)s1. The van der Waals surface area contributed by atoms with E-state index in [0.717, 1.165) is 29.0 Å². The highest BCUT2D eigenvalue weighted by atomic mass is 32.1. The van der Waals surface area contributed by atoms with Crippen molar-refractivity contribution >= 4 is 17.2 Å². The zero-order valence-corrected chi connectivity index (χ0v) is 14.2. The van der Waals surface area contributed by atoms with E-state index in [1.807, 2.05) is 41.3 Å². The second-order valence-electron chi connectivity index (χ2n) is 5.95. The van der Waals surface area contributed by atoms with Gasteiger partial charge < -0.3 is 9.42 Å². The number of rotatable bonds is 4. The highest BCUT2D eigenvalue weighted by Gasteiger charge is 2.20. The number of aromatic nitrogens is 2. The molecule has 0 aliphatic carbocycles. The van der Waals surface area contributed by atoms with Crippen LogP contribution in [0, 0.1) is 6.92 Å². The quantitative estimate of drug-likeness (QED) is 0.723. The Morgan fingerprint density at radius 2 is 2.04 bits per heavy atom. The molecule has 1 saturated heterocycles. The first-order chi connectivity index (χ1) is 11.7. The van der Waals surface area contributed by atoms with Crippen molar-refractivity contribution in [3.05, 3.63) is 46.8 Å². The van der Waals surface area contributed by atoms with Gasteiger partial charge in [0.25, 0.3) is 5.89 Å².